The van der Waals surface area contributed by atoms with E-state index in [-0.39, 0.29) is 24.8 Å². The van der Waals surface area contributed by atoms with Gasteiger partial charge in [-0.1, -0.05) is 25.1 Å². The number of aromatic nitrogens is 1. The molecule has 0 aliphatic heterocycles. The van der Waals surface area contributed by atoms with Crippen molar-refractivity contribution in [2.75, 3.05) is 31.7 Å². The maximum atomic E-state index is 12.6. The highest BCUT2D eigenvalue weighted by Gasteiger charge is 2.19. The van der Waals surface area contributed by atoms with Crippen molar-refractivity contribution in [3.05, 3.63) is 58.9 Å². The largest absolute Gasteiger partial charge is 0.395 e. The molecule has 0 spiro atoms. The molecular weight excluding hydrogens is 318 g/mol. The first kappa shape index (κ1) is 18.9. The molecule has 0 saturated carbocycles. The van der Waals surface area contributed by atoms with Crippen LogP contribution in [0, 0.1) is 13.8 Å². The minimum absolute atomic E-state index is 0.0211. The third-order valence-electron chi connectivity index (χ3n) is 4.21. The quantitative estimate of drug-likeness (QED) is 0.719. The average molecular weight is 343 g/mol. The second-order valence-electron chi connectivity index (χ2n) is 5.94. The number of ketones is 1. The van der Waals surface area contributed by atoms with Gasteiger partial charge in [0.05, 0.1) is 13.2 Å². The molecule has 134 valence electrons. The summed E-state index contributed by atoms with van der Waals surface area (Å²) in [6.07, 6.45) is 0. The highest BCUT2D eigenvalue weighted by atomic mass is 16.3. The molecule has 6 heteroatoms. The van der Waals surface area contributed by atoms with Crippen LogP contribution in [0.25, 0.3) is 0 Å². The number of hydrogen-bond acceptors (Lipinski definition) is 4. The standard InChI is InChI=1S/C19H25N3O3/c1-4-21(10-11-23)13-18(24)17-12-14(2)22(15(17)3)20-19(25)16-8-6-5-7-9-16/h5-9,12,23H,4,10-11,13H2,1-3H3,(H,20,25). The molecule has 25 heavy (non-hydrogen) atoms. The van der Waals surface area contributed by atoms with E-state index in [1.807, 2.05) is 31.7 Å². The Kier molecular flexibility index (Phi) is 6.50. The third-order valence-corrected chi connectivity index (χ3v) is 4.21. The average Bonchev–Trinajstić information content (AvgIpc) is 2.90. The fourth-order valence-electron chi connectivity index (χ4n) is 2.75. The number of nitrogens with one attached hydrogen (secondary N) is 1. The molecule has 6 nitrogen and oxygen atoms in total. The lowest BCUT2D eigenvalue weighted by atomic mass is 10.1. The van der Waals surface area contributed by atoms with Crippen LogP contribution in [0.2, 0.25) is 0 Å². The molecule has 2 aromatic rings. The summed E-state index contributed by atoms with van der Waals surface area (Å²) in [6.45, 7) is 7.03. The van der Waals surface area contributed by atoms with Gasteiger partial charge in [-0.05, 0) is 38.6 Å². The molecule has 0 aliphatic carbocycles. The summed E-state index contributed by atoms with van der Waals surface area (Å²) >= 11 is 0. The molecule has 0 saturated heterocycles. The van der Waals surface area contributed by atoms with Gasteiger partial charge in [-0.15, -0.1) is 0 Å². The second kappa shape index (κ2) is 8.60. The Bertz CT molecular complexity index is 738. The van der Waals surface area contributed by atoms with E-state index in [0.29, 0.717) is 29.9 Å². The third kappa shape index (κ3) is 4.55. The van der Waals surface area contributed by atoms with E-state index in [0.717, 1.165) is 5.69 Å². The zero-order chi connectivity index (χ0) is 18.4. The molecule has 1 aromatic heterocycles. The molecule has 1 heterocycles. The molecule has 0 radical (unpaired) electrons. The molecule has 1 amide bonds. The first-order valence-corrected chi connectivity index (χ1v) is 8.39. The second-order valence-corrected chi connectivity index (χ2v) is 5.94. The normalized spacial score (nSPS) is 10.9. The lowest BCUT2D eigenvalue weighted by Gasteiger charge is -2.18. The van der Waals surface area contributed by atoms with Crippen LogP contribution >= 0.6 is 0 Å². The number of carbonyl (C=O) groups excluding carboxylic acids is 2. The van der Waals surface area contributed by atoms with Gasteiger partial charge in [-0.3, -0.25) is 24.6 Å². The van der Waals surface area contributed by atoms with E-state index in [1.165, 1.54) is 0 Å². The van der Waals surface area contributed by atoms with Gasteiger partial charge in [0.25, 0.3) is 5.91 Å². The summed E-state index contributed by atoms with van der Waals surface area (Å²) in [6, 6.07) is 10.7. The number of aryl methyl sites for hydroxylation is 1. The van der Waals surface area contributed by atoms with Crippen LogP contribution in [0.3, 0.4) is 0 Å². The first-order chi connectivity index (χ1) is 12.0. The highest BCUT2D eigenvalue weighted by molar-refractivity contribution is 6.01. The van der Waals surface area contributed by atoms with E-state index in [1.54, 1.807) is 35.0 Å². The number of aliphatic hydroxyl groups excluding tert-OH is 1. The van der Waals surface area contributed by atoms with Crippen molar-refractivity contribution in [2.24, 2.45) is 0 Å². The zero-order valence-electron chi connectivity index (χ0n) is 15.0. The Morgan fingerprint density at radius 2 is 1.88 bits per heavy atom. The molecule has 0 bridgehead atoms. The Morgan fingerprint density at radius 1 is 1.20 bits per heavy atom. The number of carbonyl (C=O) groups is 2. The number of benzene rings is 1. The van der Waals surface area contributed by atoms with Crippen molar-refractivity contribution in [3.63, 3.8) is 0 Å². The van der Waals surface area contributed by atoms with Crippen LogP contribution in [0.1, 0.15) is 39.0 Å². The lowest BCUT2D eigenvalue weighted by molar-refractivity contribution is 0.0917. The van der Waals surface area contributed by atoms with Gasteiger partial charge in [0.15, 0.2) is 5.78 Å². The smallest absolute Gasteiger partial charge is 0.270 e. The topological polar surface area (TPSA) is 74.6 Å². The number of rotatable bonds is 8. The molecule has 0 aliphatic rings. The number of nitrogens with zero attached hydrogens (tertiary/aromatic N) is 2. The summed E-state index contributed by atoms with van der Waals surface area (Å²) in [5, 5.41) is 9.06. The van der Waals surface area contributed by atoms with Crippen LogP contribution in [-0.4, -0.2) is 52.6 Å². The Hall–Kier alpha value is -2.44. The number of amides is 1. The molecule has 0 fully saturated rings. The molecule has 2 rings (SSSR count). The van der Waals surface area contributed by atoms with Crippen molar-refractivity contribution >= 4 is 11.7 Å². The van der Waals surface area contributed by atoms with Crippen molar-refractivity contribution < 1.29 is 14.7 Å². The summed E-state index contributed by atoms with van der Waals surface area (Å²) in [5.74, 6) is -0.250. The first-order valence-electron chi connectivity index (χ1n) is 8.39. The van der Waals surface area contributed by atoms with Gasteiger partial charge in [0, 0.05) is 29.1 Å². The summed E-state index contributed by atoms with van der Waals surface area (Å²) < 4.78 is 1.64. The predicted octanol–water partition coefficient (Wildman–Crippen LogP) is 1.99. The van der Waals surface area contributed by atoms with Crippen molar-refractivity contribution in [1.29, 1.82) is 0 Å². The van der Waals surface area contributed by atoms with Gasteiger partial charge in [-0.25, -0.2) is 0 Å². The van der Waals surface area contributed by atoms with Crippen molar-refractivity contribution in [1.82, 2.24) is 9.58 Å². The van der Waals surface area contributed by atoms with Crippen LogP contribution in [0.5, 0.6) is 0 Å². The van der Waals surface area contributed by atoms with E-state index in [2.05, 4.69) is 5.43 Å². The van der Waals surface area contributed by atoms with Crippen LogP contribution in [0.4, 0.5) is 0 Å². The summed E-state index contributed by atoms with van der Waals surface area (Å²) in [4.78, 5) is 26.8. The van der Waals surface area contributed by atoms with Crippen LogP contribution < -0.4 is 5.43 Å². The number of aliphatic hydroxyl groups is 1. The maximum absolute atomic E-state index is 12.6. The van der Waals surface area contributed by atoms with Gasteiger partial charge >= 0.3 is 0 Å². The fraction of sp³-hybridized carbons (Fsp3) is 0.368. The van der Waals surface area contributed by atoms with E-state index >= 15 is 0 Å². The molecular formula is C19H25N3O3. The Labute approximate surface area is 148 Å². The summed E-state index contributed by atoms with van der Waals surface area (Å²) in [5.41, 5.74) is 5.47. The number of Topliss-reactive ketones (excluding diaryl/α,β-unsaturated/α-hetero) is 1. The van der Waals surface area contributed by atoms with Crippen LogP contribution in [-0.2, 0) is 0 Å². The van der Waals surface area contributed by atoms with Crippen LogP contribution in [0.15, 0.2) is 36.4 Å². The van der Waals surface area contributed by atoms with Gasteiger partial charge in [0.2, 0.25) is 0 Å². The Morgan fingerprint density at radius 3 is 2.48 bits per heavy atom. The van der Waals surface area contributed by atoms with Gasteiger partial charge < -0.3 is 5.11 Å². The van der Waals surface area contributed by atoms with E-state index in [4.69, 9.17) is 5.11 Å². The van der Waals surface area contributed by atoms with E-state index < -0.39 is 0 Å². The van der Waals surface area contributed by atoms with E-state index in [9.17, 15) is 9.59 Å². The van der Waals surface area contributed by atoms with Crippen molar-refractivity contribution in [2.45, 2.75) is 20.8 Å². The zero-order valence-corrected chi connectivity index (χ0v) is 15.0. The minimum Gasteiger partial charge on any atom is -0.395 e. The molecule has 0 atom stereocenters. The number of hydrogen-bond donors (Lipinski definition) is 2. The minimum atomic E-state index is -0.225. The maximum Gasteiger partial charge on any atom is 0.270 e. The highest BCUT2D eigenvalue weighted by Crippen LogP contribution is 2.15. The molecule has 0 unspecified atom stereocenters. The SMILES string of the molecule is CCN(CCO)CC(=O)c1cc(C)n(NC(=O)c2ccccc2)c1C. The monoisotopic (exact) mass is 343 g/mol. The Balaban J connectivity index is 2.17. The lowest BCUT2D eigenvalue weighted by Crippen LogP contribution is -2.32. The summed E-state index contributed by atoms with van der Waals surface area (Å²) in [7, 11) is 0. The number of likely N-dealkylation sites (N-methyl/N-ethyl adjacent to an activating group) is 1. The van der Waals surface area contributed by atoms with Gasteiger partial charge in [0.1, 0.15) is 0 Å². The van der Waals surface area contributed by atoms with Crippen molar-refractivity contribution in [3.8, 4) is 0 Å². The fourth-order valence-corrected chi connectivity index (χ4v) is 2.75. The predicted molar refractivity (Wildman–Crippen MR) is 97.6 cm³/mol. The molecule has 2 N–H and O–H groups in total. The molecule has 1 aromatic carbocycles. The van der Waals surface area contributed by atoms with Gasteiger partial charge in [-0.2, -0.15) is 0 Å².